The van der Waals surface area contributed by atoms with Crippen molar-refractivity contribution < 1.29 is 18.3 Å². The third-order valence-electron chi connectivity index (χ3n) is 5.40. The smallest absolute Gasteiger partial charge is 0.387 e. The molecule has 1 heterocycles. The lowest BCUT2D eigenvalue weighted by Gasteiger charge is -2.21. The molecule has 1 aliphatic rings. The minimum absolute atomic E-state index is 0.0147. The van der Waals surface area contributed by atoms with Gasteiger partial charge in [-0.3, -0.25) is 9.89 Å². The lowest BCUT2D eigenvalue weighted by Crippen LogP contribution is -2.44. The number of hydrogen-bond donors (Lipinski definition) is 2. The predicted molar refractivity (Wildman–Crippen MR) is 118 cm³/mol. The van der Waals surface area contributed by atoms with Gasteiger partial charge in [0.15, 0.2) is 17.5 Å². The zero-order chi connectivity index (χ0) is 22.2. The van der Waals surface area contributed by atoms with Crippen LogP contribution in [0.25, 0.3) is 0 Å². The van der Waals surface area contributed by atoms with E-state index in [-0.39, 0.29) is 17.5 Å². The maximum Gasteiger partial charge on any atom is 0.387 e. The summed E-state index contributed by atoms with van der Waals surface area (Å²) in [5.41, 5.74) is 2.09. The Morgan fingerprint density at radius 1 is 1.16 bits per heavy atom. The summed E-state index contributed by atoms with van der Waals surface area (Å²) in [6, 6.07) is 16.2. The van der Waals surface area contributed by atoms with Gasteiger partial charge in [0.1, 0.15) is 0 Å². The van der Waals surface area contributed by atoms with Gasteiger partial charge in [-0.05, 0) is 36.6 Å². The van der Waals surface area contributed by atoms with Gasteiger partial charge < -0.3 is 20.1 Å². The first-order valence-electron chi connectivity index (χ1n) is 10.4. The molecule has 31 heavy (non-hydrogen) atoms. The topological polar surface area (TPSA) is 58.1 Å². The summed E-state index contributed by atoms with van der Waals surface area (Å²) in [6.07, 6.45) is 1.02. The molecule has 2 N–H and O–H groups in total. The zero-order valence-corrected chi connectivity index (χ0v) is 18.1. The van der Waals surface area contributed by atoms with Crippen LogP contribution in [0, 0.1) is 0 Å². The minimum atomic E-state index is -2.91. The molecule has 2 unspecified atom stereocenters. The Labute approximate surface area is 182 Å². The monoisotopic (exact) mass is 432 g/mol. The van der Waals surface area contributed by atoms with Crippen LogP contribution in [0.1, 0.15) is 24.5 Å². The zero-order valence-electron chi connectivity index (χ0n) is 18.1. The van der Waals surface area contributed by atoms with Crippen molar-refractivity contribution in [3.05, 3.63) is 59.7 Å². The van der Waals surface area contributed by atoms with E-state index in [9.17, 15) is 8.78 Å². The molecule has 8 heteroatoms. The summed E-state index contributed by atoms with van der Waals surface area (Å²) in [6.45, 7) is 1.59. The van der Waals surface area contributed by atoms with E-state index in [1.165, 1.54) is 12.7 Å². The fourth-order valence-electron chi connectivity index (χ4n) is 3.83. The minimum Gasteiger partial charge on any atom is -0.493 e. The fourth-order valence-corrected chi connectivity index (χ4v) is 3.83. The van der Waals surface area contributed by atoms with Gasteiger partial charge in [0.25, 0.3) is 0 Å². The Morgan fingerprint density at radius 2 is 1.94 bits per heavy atom. The summed E-state index contributed by atoms with van der Waals surface area (Å²) in [4.78, 5) is 6.76. The highest BCUT2D eigenvalue weighted by Crippen LogP contribution is 2.29. The van der Waals surface area contributed by atoms with Crippen LogP contribution in [0.2, 0.25) is 0 Å². The van der Waals surface area contributed by atoms with Gasteiger partial charge in [0, 0.05) is 38.8 Å². The van der Waals surface area contributed by atoms with Gasteiger partial charge in [-0.15, -0.1) is 0 Å². The number of ether oxygens (including phenoxy) is 2. The first-order chi connectivity index (χ1) is 15.0. The van der Waals surface area contributed by atoms with Crippen LogP contribution in [-0.4, -0.2) is 50.3 Å². The largest absolute Gasteiger partial charge is 0.493 e. The SMILES string of the molecule is CN=C(NCc1ccc(OC)c(OC(F)F)c1)NC1CC(C)N(Cc2ccccc2)C1. The third kappa shape index (κ3) is 6.55. The average Bonchev–Trinajstić information content (AvgIpc) is 3.10. The van der Waals surface area contributed by atoms with Gasteiger partial charge in [0.2, 0.25) is 0 Å². The number of nitrogens with one attached hydrogen (secondary N) is 2. The molecule has 2 aromatic carbocycles. The number of alkyl halides is 2. The number of hydrogen-bond acceptors (Lipinski definition) is 4. The molecule has 1 saturated heterocycles. The maximum absolute atomic E-state index is 12.6. The molecular weight excluding hydrogens is 402 g/mol. The van der Waals surface area contributed by atoms with Crippen molar-refractivity contribution in [2.24, 2.45) is 4.99 Å². The van der Waals surface area contributed by atoms with Gasteiger partial charge in [-0.1, -0.05) is 36.4 Å². The molecule has 0 saturated carbocycles. The van der Waals surface area contributed by atoms with E-state index < -0.39 is 6.61 Å². The fraction of sp³-hybridized carbons (Fsp3) is 0.435. The van der Waals surface area contributed by atoms with E-state index in [1.807, 2.05) is 6.07 Å². The first kappa shape index (κ1) is 22.8. The first-order valence-corrected chi connectivity index (χ1v) is 10.4. The highest BCUT2D eigenvalue weighted by molar-refractivity contribution is 5.80. The van der Waals surface area contributed by atoms with Gasteiger partial charge in [-0.25, -0.2) is 0 Å². The maximum atomic E-state index is 12.6. The normalized spacial score (nSPS) is 19.5. The molecular formula is C23H30F2N4O2. The van der Waals surface area contributed by atoms with Crippen molar-refractivity contribution in [2.45, 2.75) is 45.1 Å². The second-order valence-corrected chi connectivity index (χ2v) is 7.63. The summed E-state index contributed by atoms with van der Waals surface area (Å²) in [5.74, 6) is 0.955. The van der Waals surface area contributed by atoms with E-state index in [0.717, 1.165) is 25.1 Å². The Kier molecular flexibility index (Phi) is 8.06. The molecule has 0 bridgehead atoms. The van der Waals surface area contributed by atoms with Gasteiger partial charge >= 0.3 is 6.61 Å². The third-order valence-corrected chi connectivity index (χ3v) is 5.40. The van der Waals surface area contributed by atoms with E-state index in [4.69, 9.17) is 4.74 Å². The van der Waals surface area contributed by atoms with E-state index in [2.05, 4.69) is 56.5 Å². The number of benzene rings is 2. The number of methoxy groups -OCH3 is 1. The van der Waals surface area contributed by atoms with Crippen LogP contribution < -0.4 is 20.1 Å². The second-order valence-electron chi connectivity index (χ2n) is 7.63. The van der Waals surface area contributed by atoms with E-state index in [1.54, 1.807) is 25.2 Å². The molecule has 2 aromatic rings. The molecule has 2 atom stereocenters. The Hall–Kier alpha value is -2.87. The Bertz CT molecular complexity index is 864. The number of aliphatic imine (C=N–C) groups is 1. The quantitative estimate of drug-likeness (QED) is 0.493. The molecule has 3 rings (SSSR count). The van der Waals surface area contributed by atoms with Crippen molar-refractivity contribution in [3.63, 3.8) is 0 Å². The second kappa shape index (κ2) is 10.9. The summed E-state index contributed by atoms with van der Waals surface area (Å²) in [7, 11) is 3.13. The molecule has 0 aromatic heterocycles. The van der Waals surface area contributed by atoms with Crippen LogP contribution in [0.4, 0.5) is 8.78 Å². The van der Waals surface area contributed by atoms with Crippen molar-refractivity contribution in [3.8, 4) is 11.5 Å². The number of halogens is 2. The lowest BCUT2D eigenvalue weighted by molar-refractivity contribution is -0.0512. The Morgan fingerprint density at radius 3 is 2.61 bits per heavy atom. The number of guanidine groups is 1. The standard InChI is InChI=1S/C23H30F2N4O2/c1-16-11-19(15-29(16)14-17-7-5-4-6-8-17)28-23(26-2)27-13-18-9-10-20(30-3)21(12-18)31-22(24)25/h4-10,12,16,19,22H,11,13-15H2,1-3H3,(H2,26,27,28). The van der Waals surface area contributed by atoms with E-state index in [0.29, 0.717) is 18.5 Å². The molecule has 0 amide bonds. The van der Waals surface area contributed by atoms with Crippen LogP contribution >= 0.6 is 0 Å². The number of likely N-dealkylation sites (tertiary alicyclic amines) is 1. The molecule has 0 aliphatic carbocycles. The number of rotatable bonds is 8. The lowest BCUT2D eigenvalue weighted by atomic mass is 10.2. The highest BCUT2D eigenvalue weighted by Gasteiger charge is 2.29. The number of nitrogens with zero attached hydrogens (tertiary/aromatic N) is 2. The van der Waals surface area contributed by atoms with Gasteiger partial charge in [-0.2, -0.15) is 8.78 Å². The Balaban J connectivity index is 1.54. The van der Waals surface area contributed by atoms with Crippen LogP contribution in [0.15, 0.2) is 53.5 Å². The van der Waals surface area contributed by atoms with Gasteiger partial charge in [0.05, 0.1) is 7.11 Å². The van der Waals surface area contributed by atoms with E-state index >= 15 is 0 Å². The molecule has 168 valence electrons. The summed E-state index contributed by atoms with van der Waals surface area (Å²) < 4.78 is 34.9. The highest BCUT2D eigenvalue weighted by atomic mass is 19.3. The molecule has 0 spiro atoms. The van der Waals surface area contributed by atoms with Crippen molar-refractivity contribution >= 4 is 5.96 Å². The average molecular weight is 433 g/mol. The van der Waals surface area contributed by atoms with Crippen LogP contribution in [-0.2, 0) is 13.1 Å². The molecule has 6 nitrogen and oxygen atoms in total. The predicted octanol–water partition coefficient (Wildman–Crippen LogP) is 3.62. The van der Waals surface area contributed by atoms with Crippen LogP contribution in [0.3, 0.4) is 0 Å². The summed E-state index contributed by atoms with van der Waals surface area (Å²) in [5, 5.41) is 6.72. The van der Waals surface area contributed by atoms with Crippen molar-refractivity contribution in [1.29, 1.82) is 0 Å². The van der Waals surface area contributed by atoms with Crippen molar-refractivity contribution in [1.82, 2.24) is 15.5 Å². The molecule has 0 radical (unpaired) electrons. The summed E-state index contributed by atoms with van der Waals surface area (Å²) >= 11 is 0. The molecule has 1 fully saturated rings. The van der Waals surface area contributed by atoms with Crippen molar-refractivity contribution in [2.75, 3.05) is 20.7 Å². The van der Waals surface area contributed by atoms with Crippen LogP contribution in [0.5, 0.6) is 11.5 Å². The molecule has 1 aliphatic heterocycles.